The Morgan fingerprint density at radius 2 is 1.81 bits per heavy atom. The molecule has 0 spiro atoms. The summed E-state index contributed by atoms with van der Waals surface area (Å²) in [5.41, 5.74) is 7.75. The fourth-order valence-corrected chi connectivity index (χ4v) is 3.17. The quantitative estimate of drug-likeness (QED) is 0.760. The van der Waals surface area contributed by atoms with Crippen LogP contribution in [0.3, 0.4) is 0 Å². The smallest absolute Gasteiger partial charge is 0.0538 e. The zero-order chi connectivity index (χ0) is 16.0. The Morgan fingerprint density at radius 1 is 1.19 bits per heavy atom. The predicted molar refractivity (Wildman–Crippen MR) is 90.1 cm³/mol. The summed E-state index contributed by atoms with van der Waals surface area (Å²) in [5.74, 6) is 0.633. The first-order valence-corrected chi connectivity index (χ1v) is 8.44. The van der Waals surface area contributed by atoms with E-state index in [9.17, 15) is 0 Å². The molecule has 0 fully saturated rings. The van der Waals surface area contributed by atoms with Crippen molar-refractivity contribution < 1.29 is 0 Å². The summed E-state index contributed by atoms with van der Waals surface area (Å²) in [6, 6.07) is 0.986. The van der Waals surface area contributed by atoms with E-state index in [0.717, 1.165) is 25.8 Å². The summed E-state index contributed by atoms with van der Waals surface area (Å²) >= 11 is 0. The van der Waals surface area contributed by atoms with Crippen LogP contribution in [0.4, 0.5) is 0 Å². The fourth-order valence-electron chi connectivity index (χ4n) is 3.17. The monoisotopic (exact) mass is 294 g/mol. The third-order valence-electron chi connectivity index (χ3n) is 4.29. The lowest BCUT2D eigenvalue weighted by molar-refractivity contribution is 0.0910. The number of rotatable bonds is 9. The maximum absolute atomic E-state index is 6.50. The van der Waals surface area contributed by atoms with Gasteiger partial charge in [0.1, 0.15) is 0 Å². The number of hydrogen-bond donors (Lipinski definition) is 1. The summed E-state index contributed by atoms with van der Waals surface area (Å²) in [4.78, 5) is 2.62. The zero-order valence-corrected chi connectivity index (χ0v) is 14.7. The molecule has 0 aliphatic heterocycles. The van der Waals surface area contributed by atoms with Crippen LogP contribution < -0.4 is 5.73 Å². The van der Waals surface area contributed by atoms with Gasteiger partial charge in [0, 0.05) is 37.4 Å². The van der Waals surface area contributed by atoms with Gasteiger partial charge in [-0.1, -0.05) is 34.6 Å². The average molecular weight is 294 g/mol. The van der Waals surface area contributed by atoms with Crippen molar-refractivity contribution in [2.75, 3.05) is 6.54 Å². The minimum absolute atomic E-state index is 0.147. The van der Waals surface area contributed by atoms with Crippen molar-refractivity contribution in [1.29, 1.82) is 0 Å². The van der Waals surface area contributed by atoms with Gasteiger partial charge in [0.15, 0.2) is 0 Å². The molecule has 1 aromatic rings. The van der Waals surface area contributed by atoms with E-state index in [-0.39, 0.29) is 12.1 Å². The molecule has 21 heavy (non-hydrogen) atoms. The number of nitrogens with zero attached hydrogens (tertiary/aromatic N) is 3. The third kappa shape index (κ3) is 4.82. The topological polar surface area (TPSA) is 47.1 Å². The lowest BCUT2D eigenvalue weighted by atomic mass is 9.94. The van der Waals surface area contributed by atoms with Crippen molar-refractivity contribution in [2.24, 2.45) is 18.7 Å². The summed E-state index contributed by atoms with van der Waals surface area (Å²) < 4.78 is 1.88. The van der Waals surface area contributed by atoms with Crippen LogP contribution in [0.2, 0.25) is 0 Å². The van der Waals surface area contributed by atoms with E-state index < -0.39 is 0 Å². The molecule has 2 unspecified atom stereocenters. The first-order chi connectivity index (χ1) is 9.94. The second-order valence-electron chi connectivity index (χ2n) is 6.53. The molecule has 0 saturated heterocycles. The van der Waals surface area contributed by atoms with Gasteiger partial charge in [0.25, 0.3) is 0 Å². The van der Waals surface area contributed by atoms with Crippen LogP contribution in [0.5, 0.6) is 0 Å². The highest BCUT2D eigenvalue weighted by Gasteiger charge is 2.31. The molecule has 122 valence electrons. The number of aromatic nitrogens is 2. The summed E-state index contributed by atoms with van der Waals surface area (Å²) in [7, 11) is 1.97. The molecule has 4 nitrogen and oxygen atoms in total. The Balaban J connectivity index is 3.15. The molecule has 0 aliphatic rings. The van der Waals surface area contributed by atoms with Crippen molar-refractivity contribution in [2.45, 2.75) is 72.0 Å². The minimum Gasteiger partial charge on any atom is -0.326 e. The standard InChI is InChI=1S/C17H34N4/c1-7-15(8-2)21(11-13(4)5)17(16(18)9-3)14-10-19-20(6)12-14/h10,12-13,15-17H,7-9,11,18H2,1-6H3. The number of nitrogens with two attached hydrogens (primary N) is 1. The molecule has 0 aliphatic carbocycles. The maximum atomic E-state index is 6.50. The van der Waals surface area contributed by atoms with Gasteiger partial charge in [-0.15, -0.1) is 0 Å². The molecule has 1 aromatic heterocycles. The van der Waals surface area contributed by atoms with E-state index in [1.165, 1.54) is 5.56 Å². The van der Waals surface area contributed by atoms with Gasteiger partial charge in [-0.05, 0) is 25.2 Å². The zero-order valence-electron chi connectivity index (χ0n) is 14.7. The second kappa shape index (κ2) is 8.54. The Bertz CT molecular complexity index is 395. The fraction of sp³-hybridized carbons (Fsp3) is 0.824. The van der Waals surface area contributed by atoms with Crippen molar-refractivity contribution in [3.05, 3.63) is 18.0 Å². The molecule has 0 bridgehead atoms. The molecule has 0 saturated carbocycles. The van der Waals surface area contributed by atoms with Crippen molar-refractivity contribution in [1.82, 2.24) is 14.7 Å². The van der Waals surface area contributed by atoms with Crippen molar-refractivity contribution in [3.8, 4) is 0 Å². The average Bonchev–Trinajstić information content (AvgIpc) is 2.85. The van der Waals surface area contributed by atoms with Crippen LogP contribution in [0.15, 0.2) is 12.4 Å². The maximum Gasteiger partial charge on any atom is 0.0538 e. The van der Waals surface area contributed by atoms with Gasteiger partial charge in [-0.2, -0.15) is 5.10 Å². The van der Waals surface area contributed by atoms with Crippen LogP contribution >= 0.6 is 0 Å². The van der Waals surface area contributed by atoms with Crippen LogP contribution in [-0.2, 0) is 7.05 Å². The van der Waals surface area contributed by atoms with Gasteiger partial charge in [0.05, 0.1) is 12.2 Å². The Hall–Kier alpha value is -0.870. The van der Waals surface area contributed by atoms with Crippen molar-refractivity contribution in [3.63, 3.8) is 0 Å². The van der Waals surface area contributed by atoms with E-state index in [0.29, 0.717) is 12.0 Å². The largest absolute Gasteiger partial charge is 0.326 e. The molecule has 4 heteroatoms. The number of hydrogen-bond acceptors (Lipinski definition) is 3. The van der Waals surface area contributed by atoms with Gasteiger partial charge in [0.2, 0.25) is 0 Å². The van der Waals surface area contributed by atoms with Crippen LogP contribution in [0.1, 0.15) is 65.5 Å². The Kier molecular flexibility index (Phi) is 7.40. The first kappa shape index (κ1) is 18.2. The molecule has 0 amide bonds. The Labute approximate surface area is 130 Å². The van der Waals surface area contributed by atoms with E-state index in [1.54, 1.807) is 0 Å². The molecule has 1 rings (SSSR count). The van der Waals surface area contributed by atoms with Gasteiger partial charge in [-0.25, -0.2) is 0 Å². The third-order valence-corrected chi connectivity index (χ3v) is 4.29. The first-order valence-electron chi connectivity index (χ1n) is 8.44. The highest BCUT2D eigenvalue weighted by atomic mass is 15.3. The van der Waals surface area contributed by atoms with Crippen molar-refractivity contribution >= 4 is 0 Å². The molecule has 0 aromatic carbocycles. The highest BCUT2D eigenvalue weighted by Crippen LogP contribution is 2.29. The SMILES string of the molecule is CCC(N)C(c1cnn(C)c1)N(CC(C)C)C(CC)CC. The lowest BCUT2D eigenvalue weighted by Crippen LogP contribution is -2.47. The van der Waals surface area contributed by atoms with Crippen LogP contribution in [0, 0.1) is 5.92 Å². The van der Waals surface area contributed by atoms with Gasteiger partial charge >= 0.3 is 0 Å². The molecular formula is C17H34N4. The summed E-state index contributed by atoms with van der Waals surface area (Å²) in [6.45, 7) is 12.4. The van der Waals surface area contributed by atoms with Crippen LogP contribution in [0.25, 0.3) is 0 Å². The molecule has 2 N–H and O–H groups in total. The summed E-state index contributed by atoms with van der Waals surface area (Å²) in [5, 5.41) is 4.36. The van der Waals surface area contributed by atoms with E-state index in [4.69, 9.17) is 5.73 Å². The normalized spacial score (nSPS) is 15.1. The van der Waals surface area contributed by atoms with E-state index in [2.05, 4.69) is 50.8 Å². The van der Waals surface area contributed by atoms with E-state index >= 15 is 0 Å². The second-order valence-corrected chi connectivity index (χ2v) is 6.53. The van der Waals surface area contributed by atoms with Crippen LogP contribution in [-0.4, -0.2) is 33.3 Å². The molecule has 1 heterocycles. The molecular weight excluding hydrogens is 260 g/mol. The Morgan fingerprint density at radius 3 is 2.19 bits per heavy atom. The van der Waals surface area contributed by atoms with Gasteiger partial charge < -0.3 is 5.73 Å². The summed E-state index contributed by atoms with van der Waals surface area (Å²) in [6.07, 6.45) is 7.41. The predicted octanol–water partition coefficient (Wildman–Crippen LogP) is 3.35. The number of aryl methyl sites for hydroxylation is 1. The molecule has 0 radical (unpaired) electrons. The minimum atomic E-state index is 0.147. The highest BCUT2D eigenvalue weighted by molar-refractivity contribution is 5.14. The molecule has 2 atom stereocenters. The van der Waals surface area contributed by atoms with Gasteiger partial charge in [-0.3, -0.25) is 9.58 Å². The lowest BCUT2D eigenvalue weighted by Gasteiger charge is -2.41. The van der Waals surface area contributed by atoms with E-state index in [1.807, 2.05) is 17.9 Å².